The average Bonchev–Trinajstić information content (AvgIpc) is 2.77. The molecule has 31 heavy (non-hydrogen) atoms. The van der Waals surface area contributed by atoms with E-state index < -0.39 is 0 Å². The summed E-state index contributed by atoms with van der Waals surface area (Å²) in [5, 5.41) is 6.77. The van der Waals surface area contributed by atoms with Crippen LogP contribution >= 0.6 is 24.0 Å². The maximum absolute atomic E-state index is 5.47. The Hall–Kier alpha value is -2.20. The minimum absolute atomic E-state index is 0. The Morgan fingerprint density at radius 1 is 0.935 bits per heavy atom. The Morgan fingerprint density at radius 3 is 2.16 bits per heavy atom. The molecule has 0 spiro atoms. The molecule has 172 valence electrons. The molecule has 0 aliphatic rings. The van der Waals surface area contributed by atoms with Crippen LogP contribution in [-0.2, 0) is 6.54 Å². The predicted molar refractivity (Wildman–Crippen MR) is 137 cm³/mol. The van der Waals surface area contributed by atoms with E-state index in [9.17, 15) is 0 Å². The summed E-state index contributed by atoms with van der Waals surface area (Å²) in [5.41, 5.74) is 2.26. The van der Waals surface area contributed by atoms with Gasteiger partial charge in [-0.3, -0.25) is 0 Å². The molecule has 1 atom stereocenters. The number of hydrogen-bond acceptors (Lipinski definition) is 5. The molecule has 2 aromatic carbocycles. The van der Waals surface area contributed by atoms with Gasteiger partial charge in [0.15, 0.2) is 17.5 Å². The molecule has 0 aromatic heterocycles. The van der Waals surface area contributed by atoms with Gasteiger partial charge in [-0.25, -0.2) is 4.99 Å². The van der Waals surface area contributed by atoms with Gasteiger partial charge in [-0.05, 0) is 56.4 Å². The van der Waals surface area contributed by atoms with Gasteiger partial charge in [-0.1, -0.05) is 18.2 Å². The third-order valence-corrected chi connectivity index (χ3v) is 4.80. The average molecular weight is 542 g/mol. The molecule has 7 nitrogen and oxygen atoms in total. The van der Waals surface area contributed by atoms with Gasteiger partial charge in [0.25, 0.3) is 0 Å². The summed E-state index contributed by atoms with van der Waals surface area (Å²) in [7, 11) is 9.08. The van der Waals surface area contributed by atoms with Gasteiger partial charge in [0.1, 0.15) is 5.75 Å². The van der Waals surface area contributed by atoms with Crippen LogP contribution in [0.4, 0.5) is 0 Å². The Morgan fingerprint density at radius 2 is 1.61 bits per heavy atom. The molecule has 0 bridgehead atoms. The van der Waals surface area contributed by atoms with E-state index in [0.717, 1.165) is 40.9 Å². The lowest BCUT2D eigenvalue weighted by molar-refractivity contribution is 0.295. The zero-order valence-corrected chi connectivity index (χ0v) is 21.6. The minimum Gasteiger partial charge on any atom is -0.497 e. The Bertz CT molecular complexity index is 813. The summed E-state index contributed by atoms with van der Waals surface area (Å²) in [6, 6.07) is 14.1. The standard InChI is InChI=1S/C23H34N4O3.HI/c1-7-24-23(25-15-17-8-11-19(28-4)12-9-17)26-16-20(27(2)3)18-10-13-21(29-5)22(14-18)30-6;/h8-14,20H,7,15-16H2,1-6H3,(H2,24,25,26);1H. The molecule has 0 saturated heterocycles. The summed E-state index contributed by atoms with van der Waals surface area (Å²) >= 11 is 0. The highest BCUT2D eigenvalue weighted by Gasteiger charge is 2.17. The van der Waals surface area contributed by atoms with Crippen molar-refractivity contribution in [3.8, 4) is 17.2 Å². The molecule has 0 amide bonds. The molecule has 0 aliphatic carbocycles. The second kappa shape index (κ2) is 14.0. The van der Waals surface area contributed by atoms with E-state index in [1.807, 2.05) is 36.4 Å². The number of ether oxygens (including phenoxy) is 3. The molecule has 2 N–H and O–H groups in total. The summed E-state index contributed by atoms with van der Waals surface area (Å²) in [6.07, 6.45) is 0. The number of methoxy groups -OCH3 is 3. The quantitative estimate of drug-likeness (QED) is 0.271. The highest BCUT2D eigenvalue weighted by Crippen LogP contribution is 2.31. The fourth-order valence-corrected chi connectivity index (χ4v) is 3.10. The lowest BCUT2D eigenvalue weighted by Gasteiger charge is -2.26. The van der Waals surface area contributed by atoms with Crippen molar-refractivity contribution in [1.29, 1.82) is 0 Å². The second-order valence-corrected chi connectivity index (χ2v) is 7.02. The van der Waals surface area contributed by atoms with E-state index in [2.05, 4.69) is 42.6 Å². The third kappa shape index (κ3) is 8.10. The van der Waals surface area contributed by atoms with Crippen molar-refractivity contribution in [3.63, 3.8) is 0 Å². The van der Waals surface area contributed by atoms with Crippen LogP contribution in [0.15, 0.2) is 47.5 Å². The molecule has 0 heterocycles. The van der Waals surface area contributed by atoms with Gasteiger partial charge in [0.05, 0.1) is 33.9 Å². The molecule has 0 fully saturated rings. The summed E-state index contributed by atoms with van der Waals surface area (Å²) in [6.45, 7) is 4.12. The van der Waals surface area contributed by atoms with E-state index in [0.29, 0.717) is 13.1 Å². The maximum atomic E-state index is 5.47. The van der Waals surface area contributed by atoms with Crippen molar-refractivity contribution in [2.75, 3.05) is 48.5 Å². The smallest absolute Gasteiger partial charge is 0.191 e. The summed E-state index contributed by atoms with van der Waals surface area (Å²) in [4.78, 5) is 6.88. The van der Waals surface area contributed by atoms with E-state index >= 15 is 0 Å². The molecular weight excluding hydrogens is 507 g/mol. The highest BCUT2D eigenvalue weighted by atomic mass is 127. The SMILES string of the molecule is CCNC(=NCc1ccc(OC)cc1)NCC(c1ccc(OC)c(OC)c1)N(C)C.I. The van der Waals surface area contributed by atoms with E-state index in [1.165, 1.54) is 0 Å². The van der Waals surface area contributed by atoms with Gasteiger partial charge in [0.2, 0.25) is 0 Å². The normalized spacial score (nSPS) is 12.0. The largest absolute Gasteiger partial charge is 0.497 e. The molecular formula is C23H35IN4O3. The van der Waals surface area contributed by atoms with Crippen molar-refractivity contribution in [1.82, 2.24) is 15.5 Å². The van der Waals surface area contributed by atoms with E-state index in [4.69, 9.17) is 19.2 Å². The summed E-state index contributed by atoms with van der Waals surface area (Å²) in [5.74, 6) is 3.07. The first-order valence-corrected chi connectivity index (χ1v) is 10.1. The Labute approximate surface area is 203 Å². The number of nitrogens with zero attached hydrogens (tertiary/aromatic N) is 2. The monoisotopic (exact) mass is 542 g/mol. The van der Waals surface area contributed by atoms with Gasteiger partial charge in [-0.2, -0.15) is 0 Å². The summed E-state index contributed by atoms with van der Waals surface area (Å²) < 4.78 is 16.0. The number of guanidine groups is 1. The molecule has 8 heteroatoms. The minimum atomic E-state index is 0. The van der Waals surface area contributed by atoms with Crippen molar-refractivity contribution in [3.05, 3.63) is 53.6 Å². The Balaban J connectivity index is 0.00000480. The first kappa shape index (κ1) is 26.8. The number of hydrogen-bond donors (Lipinski definition) is 2. The van der Waals surface area contributed by atoms with Crippen molar-refractivity contribution in [2.45, 2.75) is 19.5 Å². The lowest BCUT2D eigenvalue weighted by Crippen LogP contribution is -2.41. The molecule has 2 aromatic rings. The Kier molecular flexibility index (Phi) is 12.1. The van der Waals surface area contributed by atoms with Crippen molar-refractivity contribution >= 4 is 29.9 Å². The molecule has 2 rings (SSSR count). The fourth-order valence-electron chi connectivity index (χ4n) is 3.10. The van der Waals surface area contributed by atoms with Crippen molar-refractivity contribution in [2.24, 2.45) is 4.99 Å². The van der Waals surface area contributed by atoms with Gasteiger partial charge >= 0.3 is 0 Å². The molecule has 0 saturated carbocycles. The molecule has 0 radical (unpaired) electrons. The fraction of sp³-hybridized carbons (Fsp3) is 0.435. The first-order valence-electron chi connectivity index (χ1n) is 10.1. The van der Waals surface area contributed by atoms with Crippen LogP contribution in [0.25, 0.3) is 0 Å². The predicted octanol–water partition coefficient (Wildman–Crippen LogP) is 3.69. The first-order chi connectivity index (χ1) is 14.5. The zero-order valence-electron chi connectivity index (χ0n) is 19.3. The van der Waals surface area contributed by atoms with Gasteiger partial charge in [-0.15, -0.1) is 24.0 Å². The number of rotatable bonds is 10. The number of nitrogens with one attached hydrogen (secondary N) is 2. The van der Waals surface area contributed by atoms with Crippen LogP contribution in [-0.4, -0.2) is 59.4 Å². The zero-order chi connectivity index (χ0) is 21.9. The van der Waals surface area contributed by atoms with Crippen LogP contribution in [0.2, 0.25) is 0 Å². The van der Waals surface area contributed by atoms with Gasteiger partial charge in [0, 0.05) is 13.1 Å². The maximum Gasteiger partial charge on any atom is 0.191 e. The topological polar surface area (TPSA) is 67.4 Å². The van der Waals surface area contributed by atoms with Crippen LogP contribution in [0.1, 0.15) is 24.1 Å². The number of benzene rings is 2. The van der Waals surface area contributed by atoms with Crippen LogP contribution in [0.3, 0.4) is 0 Å². The number of halogens is 1. The third-order valence-electron chi connectivity index (χ3n) is 4.80. The van der Waals surface area contributed by atoms with Crippen LogP contribution < -0.4 is 24.8 Å². The second-order valence-electron chi connectivity index (χ2n) is 7.02. The van der Waals surface area contributed by atoms with E-state index in [-0.39, 0.29) is 30.0 Å². The highest BCUT2D eigenvalue weighted by molar-refractivity contribution is 14.0. The number of likely N-dealkylation sites (N-methyl/N-ethyl adjacent to an activating group) is 1. The molecule has 1 unspecified atom stereocenters. The van der Waals surface area contributed by atoms with Crippen LogP contribution in [0.5, 0.6) is 17.2 Å². The lowest BCUT2D eigenvalue weighted by atomic mass is 10.1. The van der Waals surface area contributed by atoms with Crippen LogP contribution in [0, 0.1) is 0 Å². The van der Waals surface area contributed by atoms with Crippen molar-refractivity contribution < 1.29 is 14.2 Å². The number of aliphatic imine (C=N–C) groups is 1. The van der Waals surface area contributed by atoms with Gasteiger partial charge < -0.3 is 29.7 Å². The van der Waals surface area contributed by atoms with E-state index in [1.54, 1.807) is 21.3 Å². The molecule has 0 aliphatic heterocycles.